The van der Waals surface area contributed by atoms with E-state index in [4.69, 9.17) is 0 Å². The number of para-hydroxylation sites is 3. The molecule has 0 bridgehead atoms. The second kappa shape index (κ2) is 8.68. The van der Waals surface area contributed by atoms with Gasteiger partial charge in [0.25, 0.3) is 0 Å². The first-order chi connectivity index (χ1) is 17.2. The van der Waals surface area contributed by atoms with Crippen molar-refractivity contribution in [3.63, 3.8) is 0 Å². The minimum absolute atomic E-state index is 0.00958. The average molecular weight is 466 g/mol. The van der Waals surface area contributed by atoms with Crippen LogP contribution in [0.3, 0.4) is 0 Å². The van der Waals surface area contributed by atoms with Gasteiger partial charge in [0.2, 0.25) is 11.9 Å². The van der Waals surface area contributed by atoms with E-state index >= 15 is 0 Å². The molecule has 174 valence electrons. The lowest BCUT2D eigenvalue weighted by molar-refractivity contribution is -0.132. The second-order valence-corrected chi connectivity index (χ2v) is 8.54. The van der Waals surface area contributed by atoms with Crippen LogP contribution in [0.2, 0.25) is 0 Å². The van der Waals surface area contributed by atoms with Gasteiger partial charge in [-0.05, 0) is 46.8 Å². The van der Waals surface area contributed by atoms with Gasteiger partial charge in [-0.15, -0.1) is 0 Å². The number of piperazine rings is 1. The number of benzene rings is 3. The summed E-state index contributed by atoms with van der Waals surface area (Å²) in [6.45, 7) is 2.56. The lowest BCUT2D eigenvalue weighted by atomic mass is 10.1. The van der Waals surface area contributed by atoms with E-state index in [1.54, 1.807) is 4.68 Å². The van der Waals surface area contributed by atoms with Gasteiger partial charge in [-0.1, -0.05) is 47.6 Å². The minimum Gasteiger partial charge on any atom is -0.338 e. The first-order valence-electron chi connectivity index (χ1n) is 11.6. The number of hydrogen-bond donors (Lipinski definition) is 0. The standard InChI is InChI=1S/C26H23N7O2/c34-24(18-32-22-12-6-4-10-20(22)25(35)21-11-5-7-13-23(21)32)30-14-16-31(17-15-30)26-27-28-29-33(26)19-8-2-1-3-9-19/h1-13H,14-18H2. The molecule has 0 saturated carbocycles. The largest absolute Gasteiger partial charge is 0.338 e. The molecule has 0 radical (unpaired) electrons. The van der Waals surface area contributed by atoms with Gasteiger partial charge in [-0.2, -0.15) is 4.68 Å². The van der Waals surface area contributed by atoms with E-state index in [9.17, 15) is 9.59 Å². The lowest BCUT2D eigenvalue weighted by Crippen LogP contribution is -2.50. The number of rotatable bonds is 4. The van der Waals surface area contributed by atoms with Gasteiger partial charge in [0.15, 0.2) is 5.43 Å². The molecule has 0 N–H and O–H groups in total. The summed E-state index contributed by atoms with van der Waals surface area (Å²) >= 11 is 0. The molecule has 0 spiro atoms. The minimum atomic E-state index is -0.00958. The van der Waals surface area contributed by atoms with Gasteiger partial charge in [0, 0.05) is 37.0 Å². The van der Waals surface area contributed by atoms with E-state index in [0.29, 0.717) is 42.9 Å². The van der Waals surface area contributed by atoms with Crippen LogP contribution in [-0.2, 0) is 11.3 Å². The SMILES string of the molecule is O=C(Cn1c2ccccc2c(=O)c2ccccc21)N1CCN(c2nnnn2-c2ccccc2)CC1. The normalized spacial score (nSPS) is 14.1. The highest BCUT2D eigenvalue weighted by Crippen LogP contribution is 2.21. The monoisotopic (exact) mass is 465 g/mol. The number of nitrogens with zero attached hydrogens (tertiary/aromatic N) is 7. The Morgan fingerprint density at radius 1 is 0.771 bits per heavy atom. The highest BCUT2D eigenvalue weighted by molar-refractivity contribution is 5.94. The van der Waals surface area contributed by atoms with Crippen molar-refractivity contribution < 1.29 is 4.79 Å². The molecule has 5 aromatic rings. The number of pyridine rings is 1. The van der Waals surface area contributed by atoms with Crippen LogP contribution in [0.4, 0.5) is 5.95 Å². The third-order valence-corrected chi connectivity index (χ3v) is 6.54. The van der Waals surface area contributed by atoms with Crippen LogP contribution in [0, 0.1) is 0 Å². The van der Waals surface area contributed by atoms with Crippen LogP contribution < -0.4 is 10.3 Å². The topological polar surface area (TPSA) is 89.2 Å². The molecule has 0 aliphatic carbocycles. The van der Waals surface area contributed by atoms with E-state index in [2.05, 4.69) is 20.4 Å². The molecule has 9 heteroatoms. The number of carbonyl (C=O) groups is 1. The Morgan fingerprint density at radius 2 is 1.37 bits per heavy atom. The molecule has 35 heavy (non-hydrogen) atoms. The summed E-state index contributed by atoms with van der Waals surface area (Å²) in [5.74, 6) is 0.687. The van der Waals surface area contributed by atoms with Crippen molar-refractivity contribution in [2.24, 2.45) is 0 Å². The Kier molecular flexibility index (Phi) is 5.21. The van der Waals surface area contributed by atoms with Crippen LogP contribution in [0.5, 0.6) is 0 Å². The highest BCUT2D eigenvalue weighted by atomic mass is 16.2. The number of hydrogen-bond acceptors (Lipinski definition) is 6. The second-order valence-electron chi connectivity index (χ2n) is 8.54. The van der Waals surface area contributed by atoms with Gasteiger partial charge < -0.3 is 14.4 Å². The molecule has 6 rings (SSSR count). The Bertz CT molecular complexity index is 1520. The van der Waals surface area contributed by atoms with Gasteiger partial charge >= 0.3 is 0 Å². The van der Waals surface area contributed by atoms with Crippen molar-refractivity contribution in [2.45, 2.75) is 6.54 Å². The van der Waals surface area contributed by atoms with Crippen molar-refractivity contribution in [1.82, 2.24) is 29.7 Å². The molecule has 1 aliphatic rings. The number of carbonyl (C=O) groups excluding carboxylic acids is 1. The summed E-state index contributed by atoms with van der Waals surface area (Å²) in [4.78, 5) is 30.3. The zero-order valence-electron chi connectivity index (χ0n) is 19.0. The van der Waals surface area contributed by atoms with Crippen LogP contribution in [0.15, 0.2) is 83.7 Å². The maximum Gasteiger partial charge on any atom is 0.250 e. The maximum atomic E-state index is 13.4. The van der Waals surface area contributed by atoms with Crippen LogP contribution in [0.1, 0.15) is 0 Å². The summed E-state index contributed by atoms with van der Waals surface area (Å²) in [7, 11) is 0. The van der Waals surface area contributed by atoms with Gasteiger partial charge in [-0.25, -0.2) is 0 Å². The smallest absolute Gasteiger partial charge is 0.250 e. The average Bonchev–Trinajstić information content (AvgIpc) is 3.42. The number of amides is 1. The molecular formula is C26H23N7O2. The fourth-order valence-electron chi connectivity index (χ4n) is 4.75. The molecule has 3 heterocycles. The Labute approximate surface area is 200 Å². The van der Waals surface area contributed by atoms with Crippen LogP contribution in [0.25, 0.3) is 27.5 Å². The Morgan fingerprint density at radius 3 is 2.03 bits per heavy atom. The summed E-state index contributed by atoms with van der Waals surface area (Å²) in [6, 6.07) is 24.7. The maximum absolute atomic E-state index is 13.4. The number of fused-ring (bicyclic) bond motifs is 2. The quantitative estimate of drug-likeness (QED) is 0.379. The van der Waals surface area contributed by atoms with Crippen molar-refractivity contribution in [3.05, 3.63) is 89.1 Å². The first-order valence-corrected chi connectivity index (χ1v) is 11.6. The van der Waals surface area contributed by atoms with Crippen molar-refractivity contribution in [3.8, 4) is 5.69 Å². The molecule has 3 aromatic carbocycles. The summed E-state index contributed by atoms with van der Waals surface area (Å²) in [6.07, 6.45) is 0. The fourth-order valence-corrected chi connectivity index (χ4v) is 4.75. The summed E-state index contributed by atoms with van der Waals surface area (Å²) < 4.78 is 3.67. The van der Waals surface area contributed by atoms with E-state index in [0.717, 1.165) is 16.7 Å². The highest BCUT2D eigenvalue weighted by Gasteiger charge is 2.25. The molecule has 9 nitrogen and oxygen atoms in total. The molecule has 1 saturated heterocycles. The van der Waals surface area contributed by atoms with E-state index in [-0.39, 0.29) is 17.9 Å². The molecular weight excluding hydrogens is 442 g/mol. The summed E-state index contributed by atoms with van der Waals surface area (Å²) in [5, 5.41) is 13.5. The molecule has 1 aliphatic heterocycles. The Hall–Kier alpha value is -4.53. The first kappa shape index (κ1) is 21.0. The Balaban J connectivity index is 1.24. The van der Waals surface area contributed by atoms with Crippen molar-refractivity contribution >= 4 is 33.7 Å². The van der Waals surface area contributed by atoms with E-state index in [1.165, 1.54) is 0 Å². The zero-order valence-corrected chi connectivity index (χ0v) is 19.0. The number of aromatic nitrogens is 5. The van der Waals surface area contributed by atoms with E-state index in [1.807, 2.05) is 88.3 Å². The van der Waals surface area contributed by atoms with Gasteiger partial charge in [-0.3, -0.25) is 9.59 Å². The van der Waals surface area contributed by atoms with Crippen molar-refractivity contribution in [1.29, 1.82) is 0 Å². The predicted molar refractivity (Wildman–Crippen MR) is 134 cm³/mol. The molecule has 0 atom stereocenters. The lowest BCUT2D eigenvalue weighted by Gasteiger charge is -2.35. The molecule has 0 unspecified atom stereocenters. The van der Waals surface area contributed by atoms with Crippen LogP contribution >= 0.6 is 0 Å². The van der Waals surface area contributed by atoms with Gasteiger partial charge in [0.1, 0.15) is 6.54 Å². The third-order valence-electron chi connectivity index (χ3n) is 6.54. The molecule has 2 aromatic heterocycles. The number of tetrazole rings is 1. The molecule has 1 amide bonds. The van der Waals surface area contributed by atoms with Crippen molar-refractivity contribution in [2.75, 3.05) is 31.1 Å². The zero-order chi connectivity index (χ0) is 23.8. The predicted octanol–water partition coefficient (Wildman–Crippen LogP) is 2.48. The van der Waals surface area contributed by atoms with E-state index < -0.39 is 0 Å². The van der Waals surface area contributed by atoms with Gasteiger partial charge in [0.05, 0.1) is 16.7 Å². The summed E-state index contributed by atoms with van der Waals surface area (Å²) in [5.41, 5.74) is 2.42. The fraction of sp³-hybridized carbons (Fsp3) is 0.192. The third kappa shape index (κ3) is 3.71. The molecule has 1 fully saturated rings. The number of anilines is 1. The van der Waals surface area contributed by atoms with Crippen LogP contribution in [-0.4, -0.2) is 61.8 Å².